The Labute approximate surface area is 114 Å². The third-order valence-corrected chi connectivity index (χ3v) is 5.36. The monoisotopic (exact) mass is 284 g/mol. The van der Waals surface area contributed by atoms with Crippen molar-refractivity contribution in [3.63, 3.8) is 0 Å². The molecule has 1 heterocycles. The van der Waals surface area contributed by atoms with Crippen molar-refractivity contribution in [3.8, 4) is 5.75 Å². The van der Waals surface area contributed by atoms with E-state index in [1.807, 2.05) is 0 Å². The molecule has 1 aromatic rings. The van der Waals surface area contributed by atoms with E-state index in [0.29, 0.717) is 30.3 Å². The molecule has 1 N–H and O–H groups in total. The zero-order valence-corrected chi connectivity index (χ0v) is 12.2. The number of benzene rings is 1. The van der Waals surface area contributed by atoms with Crippen molar-refractivity contribution < 1.29 is 13.2 Å². The molecule has 0 atom stereocenters. The number of methoxy groups -OCH3 is 1. The summed E-state index contributed by atoms with van der Waals surface area (Å²) in [7, 11) is -1.83. The first kappa shape index (κ1) is 14.3. The first-order valence-corrected chi connectivity index (χ1v) is 7.85. The number of nitrogens with zero attached hydrogens (tertiary/aromatic N) is 1. The lowest BCUT2D eigenvalue weighted by Crippen LogP contribution is -2.34. The minimum atomic E-state index is -3.40. The molecule has 1 fully saturated rings. The van der Waals surface area contributed by atoms with Gasteiger partial charge in [-0.1, -0.05) is 0 Å². The lowest BCUT2D eigenvalue weighted by Gasteiger charge is -2.21. The van der Waals surface area contributed by atoms with Crippen LogP contribution in [0.15, 0.2) is 23.1 Å². The lowest BCUT2D eigenvalue weighted by molar-refractivity contribution is 0.413. The van der Waals surface area contributed by atoms with Crippen LogP contribution in [0, 0.1) is 6.92 Å². The van der Waals surface area contributed by atoms with Crippen LogP contribution < -0.4 is 10.1 Å². The van der Waals surface area contributed by atoms with E-state index in [9.17, 15) is 8.42 Å². The normalized spacial score (nSPS) is 18.0. The van der Waals surface area contributed by atoms with Crippen molar-refractivity contribution in [3.05, 3.63) is 23.8 Å². The molecule has 0 aliphatic carbocycles. The fraction of sp³-hybridized carbons (Fsp3) is 0.538. The predicted octanol–water partition coefficient (Wildman–Crippen LogP) is 0.988. The van der Waals surface area contributed by atoms with E-state index in [1.165, 1.54) is 0 Å². The highest BCUT2D eigenvalue weighted by Crippen LogP contribution is 2.24. The van der Waals surface area contributed by atoms with Crippen LogP contribution in [-0.4, -0.2) is 46.0 Å². The SMILES string of the molecule is COc1ccc(S(=O)(=O)N2CCCNCC2)c(C)c1. The van der Waals surface area contributed by atoms with Crippen LogP contribution in [0.2, 0.25) is 0 Å². The molecule has 0 saturated carbocycles. The summed E-state index contributed by atoms with van der Waals surface area (Å²) in [6.45, 7) is 4.46. The van der Waals surface area contributed by atoms with Crippen molar-refractivity contribution in [1.29, 1.82) is 0 Å². The maximum atomic E-state index is 12.6. The average Bonchev–Trinajstić information content (AvgIpc) is 2.67. The van der Waals surface area contributed by atoms with E-state index in [-0.39, 0.29) is 0 Å². The largest absolute Gasteiger partial charge is 0.497 e. The molecule has 19 heavy (non-hydrogen) atoms. The van der Waals surface area contributed by atoms with E-state index in [0.717, 1.165) is 18.5 Å². The standard InChI is InChI=1S/C13H20N2O3S/c1-11-10-12(18-2)4-5-13(11)19(16,17)15-8-3-6-14-7-9-15/h4-5,10,14H,3,6-9H2,1-2H3. The highest BCUT2D eigenvalue weighted by Gasteiger charge is 2.26. The topological polar surface area (TPSA) is 58.6 Å². The summed E-state index contributed by atoms with van der Waals surface area (Å²) in [4.78, 5) is 0.371. The smallest absolute Gasteiger partial charge is 0.243 e. The zero-order valence-electron chi connectivity index (χ0n) is 11.3. The molecule has 1 aliphatic heterocycles. The molecule has 0 spiro atoms. The second-order valence-electron chi connectivity index (χ2n) is 4.64. The Morgan fingerprint density at radius 2 is 2.05 bits per heavy atom. The van der Waals surface area contributed by atoms with Gasteiger partial charge in [-0.25, -0.2) is 8.42 Å². The van der Waals surface area contributed by atoms with Crippen LogP contribution in [0.5, 0.6) is 5.75 Å². The van der Waals surface area contributed by atoms with Crippen molar-refractivity contribution in [1.82, 2.24) is 9.62 Å². The molecule has 0 amide bonds. The van der Waals surface area contributed by atoms with Crippen LogP contribution >= 0.6 is 0 Å². The maximum absolute atomic E-state index is 12.6. The van der Waals surface area contributed by atoms with Gasteiger partial charge >= 0.3 is 0 Å². The van der Waals surface area contributed by atoms with Gasteiger partial charge in [0.05, 0.1) is 12.0 Å². The summed E-state index contributed by atoms with van der Waals surface area (Å²) < 4.78 is 31.9. The quantitative estimate of drug-likeness (QED) is 0.899. The van der Waals surface area contributed by atoms with Crippen LogP contribution in [0.1, 0.15) is 12.0 Å². The Morgan fingerprint density at radius 3 is 2.74 bits per heavy atom. The molecule has 2 rings (SSSR count). The highest BCUT2D eigenvalue weighted by molar-refractivity contribution is 7.89. The molecule has 106 valence electrons. The molecule has 0 unspecified atom stereocenters. The summed E-state index contributed by atoms with van der Waals surface area (Å²) in [5.74, 6) is 0.675. The van der Waals surface area contributed by atoms with Crippen molar-refractivity contribution in [2.75, 3.05) is 33.3 Å². The van der Waals surface area contributed by atoms with Gasteiger partial charge in [-0.2, -0.15) is 4.31 Å². The van der Waals surface area contributed by atoms with Crippen LogP contribution in [-0.2, 0) is 10.0 Å². The fourth-order valence-electron chi connectivity index (χ4n) is 2.24. The number of rotatable bonds is 3. The summed E-state index contributed by atoms with van der Waals surface area (Å²) in [5.41, 5.74) is 0.719. The molecular formula is C13H20N2O3S. The number of sulfonamides is 1. The van der Waals surface area contributed by atoms with Crippen LogP contribution in [0.4, 0.5) is 0 Å². The summed E-state index contributed by atoms with van der Waals surface area (Å²) in [6.07, 6.45) is 0.842. The minimum absolute atomic E-state index is 0.371. The van der Waals surface area contributed by atoms with Gasteiger partial charge in [0.15, 0.2) is 0 Å². The van der Waals surface area contributed by atoms with Gasteiger partial charge < -0.3 is 10.1 Å². The highest BCUT2D eigenvalue weighted by atomic mass is 32.2. The molecule has 6 heteroatoms. The summed E-state index contributed by atoms with van der Waals surface area (Å²) in [5, 5.41) is 3.21. The van der Waals surface area contributed by atoms with Crippen LogP contribution in [0.3, 0.4) is 0 Å². The molecule has 1 saturated heterocycles. The molecule has 0 bridgehead atoms. The van der Waals surface area contributed by atoms with Crippen molar-refractivity contribution in [2.24, 2.45) is 0 Å². The first-order chi connectivity index (χ1) is 9.05. The van der Waals surface area contributed by atoms with E-state index in [1.54, 1.807) is 36.5 Å². The van der Waals surface area contributed by atoms with Gasteiger partial charge in [0.1, 0.15) is 5.75 Å². The second kappa shape index (κ2) is 5.90. The lowest BCUT2D eigenvalue weighted by atomic mass is 10.2. The van der Waals surface area contributed by atoms with E-state index in [2.05, 4.69) is 5.32 Å². The van der Waals surface area contributed by atoms with Gasteiger partial charge in [-0.05, 0) is 43.7 Å². The zero-order chi connectivity index (χ0) is 13.9. The molecule has 0 radical (unpaired) electrons. The number of hydrogen-bond acceptors (Lipinski definition) is 4. The van der Waals surface area contributed by atoms with Crippen molar-refractivity contribution in [2.45, 2.75) is 18.2 Å². The average molecular weight is 284 g/mol. The Balaban J connectivity index is 2.32. The molecule has 1 aromatic carbocycles. The number of nitrogens with one attached hydrogen (secondary N) is 1. The van der Waals surface area contributed by atoms with E-state index < -0.39 is 10.0 Å². The Morgan fingerprint density at radius 1 is 1.26 bits per heavy atom. The third-order valence-electron chi connectivity index (χ3n) is 3.30. The number of hydrogen-bond donors (Lipinski definition) is 1. The first-order valence-electron chi connectivity index (χ1n) is 6.41. The molecule has 5 nitrogen and oxygen atoms in total. The maximum Gasteiger partial charge on any atom is 0.243 e. The Bertz CT molecular complexity index is 535. The molecule has 1 aliphatic rings. The minimum Gasteiger partial charge on any atom is -0.497 e. The third kappa shape index (κ3) is 3.08. The van der Waals surface area contributed by atoms with Crippen molar-refractivity contribution >= 4 is 10.0 Å². The van der Waals surface area contributed by atoms with Gasteiger partial charge in [-0.15, -0.1) is 0 Å². The number of aryl methyl sites for hydroxylation is 1. The fourth-order valence-corrected chi connectivity index (χ4v) is 3.92. The molecular weight excluding hydrogens is 264 g/mol. The van der Waals surface area contributed by atoms with E-state index >= 15 is 0 Å². The van der Waals surface area contributed by atoms with Gasteiger partial charge in [-0.3, -0.25) is 0 Å². The van der Waals surface area contributed by atoms with Gasteiger partial charge in [0.25, 0.3) is 0 Å². The Hall–Kier alpha value is -1.11. The van der Waals surface area contributed by atoms with Crippen LogP contribution in [0.25, 0.3) is 0 Å². The number of ether oxygens (including phenoxy) is 1. The summed E-state index contributed by atoms with van der Waals surface area (Å²) in [6, 6.07) is 5.07. The second-order valence-corrected chi connectivity index (χ2v) is 6.55. The van der Waals surface area contributed by atoms with E-state index in [4.69, 9.17) is 4.74 Å². The molecule has 0 aromatic heterocycles. The van der Waals surface area contributed by atoms with Gasteiger partial charge in [0.2, 0.25) is 10.0 Å². The predicted molar refractivity (Wildman–Crippen MR) is 74.0 cm³/mol. The van der Waals surface area contributed by atoms with Gasteiger partial charge in [0, 0.05) is 19.6 Å². The summed E-state index contributed by atoms with van der Waals surface area (Å²) >= 11 is 0. The Kier molecular flexibility index (Phi) is 4.44.